The van der Waals surface area contributed by atoms with Gasteiger partial charge in [-0.3, -0.25) is 4.99 Å². The highest BCUT2D eigenvalue weighted by Crippen LogP contribution is 1.57. The Balaban J connectivity index is -0.0000000228. The maximum Gasteiger partial charge on any atom is 0.0191 e. The second-order valence-corrected chi connectivity index (χ2v) is 1.06. The van der Waals surface area contributed by atoms with Gasteiger partial charge in [0.25, 0.3) is 0 Å². The summed E-state index contributed by atoms with van der Waals surface area (Å²) in [6, 6.07) is 0. The van der Waals surface area contributed by atoms with Gasteiger partial charge in [0.2, 0.25) is 0 Å². The van der Waals surface area contributed by atoms with E-state index >= 15 is 0 Å². The van der Waals surface area contributed by atoms with E-state index in [0.29, 0.717) is 0 Å². The Morgan fingerprint density at radius 3 is 0.882 bits per heavy atom. The standard InChI is InChI=1S/C4H7N.C4H6.4C2H6/c1-3-5-4-2;1-3-4-2;4*1-2/h3-4H,1H2,2H3;3-4H,1-2H2;4*1-2H3. The molecule has 0 aliphatic heterocycles. The Hall–Kier alpha value is -1.11. The van der Waals surface area contributed by atoms with Crippen LogP contribution in [0.2, 0.25) is 0 Å². The Morgan fingerprint density at radius 2 is 0.882 bits per heavy atom. The van der Waals surface area contributed by atoms with Crippen LogP contribution in [0.5, 0.6) is 0 Å². The molecule has 0 atom stereocenters. The lowest BCUT2D eigenvalue weighted by molar-refractivity contribution is 1.50. The van der Waals surface area contributed by atoms with Crippen molar-refractivity contribution in [1.29, 1.82) is 0 Å². The predicted molar refractivity (Wildman–Crippen MR) is 90.1 cm³/mol. The van der Waals surface area contributed by atoms with Gasteiger partial charge in [0.05, 0.1) is 0 Å². The molecular formula is C16H37N. The lowest BCUT2D eigenvalue weighted by Crippen LogP contribution is -1.46. The van der Waals surface area contributed by atoms with Crippen molar-refractivity contribution < 1.29 is 0 Å². The van der Waals surface area contributed by atoms with Crippen molar-refractivity contribution in [2.24, 2.45) is 4.99 Å². The average molecular weight is 243 g/mol. The minimum atomic E-state index is 1.50. The summed E-state index contributed by atoms with van der Waals surface area (Å²) in [5.74, 6) is 0. The summed E-state index contributed by atoms with van der Waals surface area (Å²) in [5, 5.41) is 0. The van der Waals surface area contributed by atoms with Crippen LogP contribution >= 0.6 is 0 Å². The van der Waals surface area contributed by atoms with Crippen molar-refractivity contribution in [3.63, 3.8) is 0 Å². The molecule has 0 radical (unpaired) electrons. The lowest BCUT2D eigenvalue weighted by Gasteiger charge is -1.58. The third-order valence-corrected chi connectivity index (χ3v) is 0.421. The van der Waals surface area contributed by atoms with Crippen LogP contribution in [0.15, 0.2) is 43.1 Å². The van der Waals surface area contributed by atoms with Crippen molar-refractivity contribution in [1.82, 2.24) is 0 Å². The molecule has 1 heteroatoms. The Labute approximate surface area is 112 Å². The summed E-state index contributed by atoms with van der Waals surface area (Å²) in [6.45, 7) is 27.9. The number of hydrogen-bond donors (Lipinski definition) is 0. The normalized spacial score (nSPS) is 5.24. The molecule has 0 aromatic carbocycles. The Morgan fingerprint density at radius 1 is 0.647 bits per heavy atom. The van der Waals surface area contributed by atoms with E-state index in [2.05, 4.69) is 24.7 Å². The average Bonchev–Trinajstić information content (AvgIpc) is 2.48. The third kappa shape index (κ3) is 693. The maximum atomic E-state index is 3.61. The molecule has 0 saturated carbocycles. The summed E-state index contributed by atoms with van der Waals surface area (Å²) < 4.78 is 0. The first-order valence-corrected chi connectivity index (χ1v) is 6.65. The van der Waals surface area contributed by atoms with Crippen LogP contribution in [0, 0.1) is 0 Å². The molecule has 0 rings (SSSR count). The molecule has 17 heavy (non-hydrogen) atoms. The first kappa shape index (κ1) is 36.0. The molecule has 0 aromatic rings. The molecule has 1 nitrogen and oxygen atoms in total. The van der Waals surface area contributed by atoms with Gasteiger partial charge in [-0.15, -0.1) is 0 Å². The summed E-state index contributed by atoms with van der Waals surface area (Å²) in [5.41, 5.74) is 0. The quantitative estimate of drug-likeness (QED) is 0.379. The largest absolute Gasteiger partial charge is 0.270 e. The first-order chi connectivity index (χ1) is 8.33. The Bertz CT molecular complexity index is 96.1. The van der Waals surface area contributed by atoms with Crippen LogP contribution in [-0.2, 0) is 0 Å². The Kier molecular flexibility index (Phi) is 402. The maximum absolute atomic E-state index is 3.61. The van der Waals surface area contributed by atoms with Crippen LogP contribution in [0.1, 0.15) is 62.3 Å². The first-order valence-electron chi connectivity index (χ1n) is 6.65. The fraction of sp³-hybridized carbons (Fsp3) is 0.562. The van der Waals surface area contributed by atoms with E-state index in [4.69, 9.17) is 0 Å². The monoisotopic (exact) mass is 243 g/mol. The van der Waals surface area contributed by atoms with E-state index in [9.17, 15) is 0 Å². The predicted octanol–water partition coefficient (Wildman–Crippen LogP) is 6.68. The van der Waals surface area contributed by atoms with E-state index in [1.165, 1.54) is 6.20 Å². The number of hydrogen-bond acceptors (Lipinski definition) is 1. The van der Waals surface area contributed by atoms with Crippen molar-refractivity contribution in [2.75, 3.05) is 0 Å². The van der Waals surface area contributed by atoms with Gasteiger partial charge in [-0.2, -0.15) is 0 Å². The van der Waals surface area contributed by atoms with E-state index in [1.54, 1.807) is 18.4 Å². The van der Waals surface area contributed by atoms with Crippen LogP contribution in [0.25, 0.3) is 0 Å². The van der Waals surface area contributed by atoms with E-state index in [1.807, 2.05) is 62.3 Å². The summed E-state index contributed by atoms with van der Waals surface area (Å²) >= 11 is 0. The zero-order valence-corrected chi connectivity index (χ0v) is 13.9. The van der Waals surface area contributed by atoms with Crippen LogP contribution in [-0.4, -0.2) is 6.21 Å². The van der Waals surface area contributed by atoms with Crippen LogP contribution < -0.4 is 0 Å². The smallest absolute Gasteiger partial charge is 0.0191 e. The van der Waals surface area contributed by atoms with Gasteiger partial charge in [-0.25, -0.2) is 0 Å². The lowest BCUT2D eigenvalue weighted by atomic mass is 10.6. The molecule has 0 aliphatic rings. The molecular weight excluding hydrogens is 206 g/mol. The highest BCUT2D eigenvalue weighted by molar-refractivity contribution is 5.53. The molecule has 0 aliphatic carbocycles. The summed E-state index contributed by atoms with van der Waals surface area (Å²) in [7, 11) is 0. The molecule has 106 valence electrons. The second-order valence-electron chi connectivity index (χ2n) is 1.06. The van der Waals surface area contributed by atoms with Gasteiger partial charge in [-0.1, -0.05) is 87.3 Å². The topological polar surface area (TPSA) is 12.4 Å². The third-order valence-electron chi connectivity index (χ3n) is 0.421. The molecule has 0 bridgehead atoms. The minimum Gasteiger partial charge on any atom is -0.270 e. The number of nitrogens with zero attached hydrogens (tertiary/aromatic N) is 1. The second kappa shape index (κ2) is 190. The molecule has 0 unspecified atom stereocenters. The van der Waals surface area contributed by atoms with E-state index in [-0.39, 0.29) is 0 Å². The molecule has 0 heterocycles. The summed E-state index contributed by atoms with van der Waals surface area (Å²) in [6.07, 6.45) is 6.47. The highest BCUT2D eigenvalue weighted by Gasteiger charge is 1.40. The minimum absolute atomic E-state index is 1.50. The fourth-order valence-electron chi connectivity index (χ4n) is 0.105. The van der Waals surface area contributed by atoms with Crippen molar-refractivity contribution in [3.05, 3.63) is 38.1 Å². The fourth-order valence-corrected chi connectivity index (χ4v) is 0.105. The van der Waals surface area contributed by atoms with Crippen molar-refractivity contribution in [3.8, 4) is 0 Å². The van der Waals surface area contributed by atoms with Gasteiger partial charge in [0.15, 0.2) is 0 Å². The number of rotatable bonds is 2. The van der Waals surface area contributed by atoms with E-state index < -0.39 is 0 Å². The SMILES string of the molecule is C=CC=C.C=CN=CC.CC.CC.CC.CC. The van der Waals surface area contributed by atoms with E-state index in [0.717, 1.165) is 0 Å². The zero-order valence-electron chi connectivity index (χ0n) is 13.9. The van der Waals surface area contributed by atoms with Gasteiger partial charge in [-0.05, 0) is 6.92 Å². The van der Waals surface area contributed by atoms with Gasteiger partial charge >= 0.3 is 0 Å². The van der Waals surface area contributed by atoms with Crippen LogP contribution in [0.3, 0.4) is 0 Å². The molecule has 0 fully saturated rings. The molecule has 0 aromatic heterocycles. The van der Waals surface area contributed by atoms with Gasteiger partial charge in [0, 0.05) is 12.4 Å². The van der Waals surface area contributed by atoms with Gasteiger partial charge < -0.3 is 0 Å². The number of allylic oxidation sites excluding steroid dienone is 2. The van der Waals surface area contributed by atoms with Crippen LogP contribution in [0.4, 0.5) is 0 Å². The molecule has 0 N–H and O–H groups in total. The van der Waals surface area contributed by atoms with Crippen molar-refractivity contribution in [2.45, 2.75) is 62.3 Å². The van der Waals surface area contributed by atoms with Gasteiger partial charge in [0.1, 0.15) is 0 Å². The molecule has 0 saturated heterocycles. The highest BCUT2D eigenvalue weighted by atomic mass is 14.6. The van der Waals surface area contributed by atoms with Crippen molar-refractivity contribution >= 4 is 6.21 Å². The molecule has 0 spiro atoms. The zero-order chi connectivity index (χ0) is 15.5. The summed E-state index contributed by atoms with van der Waals surface area (Å²) in [4.78, 5) is 3.61. The number of aliphatic imine (C=N–C) groups is 1. The molecule has 0 amide bonds.